The van der Waals surface area contributed by atoms with Gasteiger partial charge in [-0.2, -0.15) is 0 Å². The SMILES string of the molecule is CC(NC(=O)Cc1ccc(O)cc1)c1ccc(Cl)c(Cl)c1. The molecule has 21 heavy (non-hydrogen) atoms. The Hall–Kier alpha value is -1.71. The first-order valence-electron chi connectivity index (χ1n) is 6.48. The van der Waals surface area contributed by atoms with Crippen LogP contribution in [0, 0.1) is 0 Å². The molecule has 0 aliphatic heterocycles. The summed E-state index contributed by atoms with van der Waals surface area (Å²) in [5.74, 6) is 0.0857. The first kappa shape index (κ1) is 15.7. The van der Waals surface area contributed by atoms with E-state index in [-0.39, 0.29) is 24.1 Å². The quantitative estimate of drug-likeness (QED) is 0.889. The second-order valence-corrected chi connectivity index (χ2v) is 5.62. The molecule has 0 fully saturated rings. The molecule has 1 amide bonds. The van der Waals surface area contributed by atoms with Crippen molar-refractivity contribution in [1.82, 2.24) is 5.32 Å². The van der Waals surface area contributed by atoms with Gasteiger partial charge in [0, 0.05) is 0 Å². The lowest BCUT2D eigenvalue weighted by Crippen LogP contribution is -2.28. The van der Waals surface area contributed by atoms with E-state index >= 15 is 0 Å². The van der Waals surface area contributed by atoms with Crippen molar-refractivity contribution in [2.24, 2.45) is 0 Å². The van der Waals surface area contributed by atoms with E-state index in [1.165, 1.54) is 0 Å². The molecular weight excluding hydrogens is 309 g/mol. The van der Waals surface area contributed by atoms with Gasteiger partial charge in [0.05, 0.1) is 22.5 Å². The predicted molar refractivity (Wildman–Crippen MR) is 84.8 cm³/mol. The minimum atomic E-state index is -0.163. The molecule has 2 rings (SSSR count). The number of phenolic OH excluding ortho intramolecular Hbond substituents is 1. The highest BCUT2D eigenvalue weighted by Crippen LogP contribution is 2.25. The summed E-state index contributed by atoms with van der Waals surface area (Å²) in [6.07, 6.45) is 0.256. The zero-order valence-corrected chi connectivity index (χ0v) is 12.9. The average molecular weight is 324 g/mol. The lowest BCUT2D eigenvalue weighted by molar-refractivity contribution is -0.121. The number of rotatable bonds is 4. The van der Waals surface area contributed by atoms with Crippen molar-refractivity contribution in [3.05, 3.63) is 63.6 Å². The van der Waals surface area contributed by atoms with E-state index in [1.807, 2.05) is 13.0 Å². The van der Waals surface area contributed by atoms with Crippen molar-refractivity contribution in [2.75, 3.05) is 0 Å². The molecule has 0 aliphatic rings. The van der Waals surface area contributed by atoms with Crippen molar-refractivity contribution >= 4 is 29.1 Å². The van der Waals surface area contributed by atoms with Gasteiger partial charge in [-0.25, -0.2) is 0 Å². The van der Waals surface area contributed by atoms with Crippen LogP contribution >= 0.6 is 23.2 Å². The Balaban J connectivity index is 1.98. The van der Waals surface area contributed by atoms with Crippen LogP contribution in [-0.4, -0.2) is 11.0 Å². The second-order valence-electron chi connectivity index (χ2n) is 4.81. The van der Waals surface area contributed by atoms with E-state index in [0.29, 0.717) is 10.0 Å². The highest BCUT2D eigenvalue weighted by Gasteiger charge is 2.11. The van der Waals surface area contributed by atoms with E-state index in [9.17, 15) is 9.90 Å². The number of benzene rings is 2. The molecule has 2 aromatic rings. The Kier molecular flexibility index (Phi) is 5.10. The third-order valence-electron chi connectivity index (χ3n) is 3.12. The Morgan fingerprint density at radius 2 is 1.81 bits per heavy atom. The maximum absolute atomic E-state index is 12.0. The largest absolute Gasteiger partial charge is 0.508 e. The van der Waals surface area contributed by atoms with Gasteiger partial charge in [0.25, 0.3) is 0 Å². The van der Waals surface area contributed by atoms with Crippen molar-refractivity contribution in [3.8, 4) is 5.75 Å². The lowest BCUT2D eigenvalue weighted by atomic mass is 10.1. The number of nitrogens with one attached hydrogen (secondary N) is 1. The minimum absolute atomic E-state index is 0.0979. The molecule has 0 radical (unpaired) electrons. The van der Waals surface area contributed by atoms with Crippen LogP contribution in [0.3, 0.4) is 0 Å². The number of phenols is 1. The molecule has 2 aromatic carbocycles. The highest BCUT2D eigenvalue weighted by molar-refractivity contribution is 6.42. The zero-order valence-electron chi connectivity index (χ0n) is 11.4. The molecule has 0 bridgehead atoms. The molecule has 5 heteroatoms. The fourth-order valence-corrected chi connectivity index (χ4v) is 2.26. The summed E-state index contributed by atoms with van der Waals surface area (Å²) in [4.78, 5) is 12.0. The molecule has 1 unspecified atom stereocenters. The summed E-state index contributed by atoms with van der Waals surface area (Å²) in [5.41, 5.74) is 1.73. The van der Waals surface area contributed by atoms with Crippen molar-refractivity contribution in [3.63, 3.8) is 0 Å². The summed E-state index contributed by atoms with van der Waals surface area (Å²) >= 11 is 11.8. The number of hydrogen-bond donors (Lipinski definition) is 2. The van der Waals surface area contributed by atoms with Crippen molar-refractivity contribution in [1.29, 1.82) is 0 Å². The predicted octanol–water partition coefficient (Wildman–Crippen LogP) is 4.12. The summed E-state index contributed by atoms with van der Waals surface area (Å²) in [7, 11) is 0. The normalized spacial score (nSPS) is 12.0. The standard InChI is InChI=1S/C16H15Cl2NO2/c1-10(12-4-7-14(17)15(18)9-12)19-16(21)8-11-2-5-13(20)6-3-11/h2-7,9-10,20H,8H2,1H3,(H,19,21). The van der Waals surface area contributed by atoms with Crippen LogP contribution in [0.4, 0.5) is 0 Å². The van der Waals surface area contributed by atoms with Crippen LogP contribution < -0.4 is 5.32 Å². The topological polar surface area (TPSA) is 49.3 Å². The Bertz CT molecular complexity index is 641. The number of carbonyl (C=O) groups excluding carboxylic acids is 1. The van der Waals surface area contributed by atoms with Crippen molar-refractivity contribution in [2.45, 2.75) is 19.4 Å². The first-order valence-corrected chi connectivity index (χ1v) is 7.23. The molecule has 0 saturated carbocycles. The van der Waals surface area contributed by atoms with Crippen LogP contribution in [-0.2, 0) is 11.2 Å². The molecular formula is C16H15Cl2NO2. The summed E-state index contributed by atoms with van der Waals surface area (Å²) in [5, 5.41) is 13.1. The minimum Gasteiger partial charge on any atom is -0.508 e. The highest BCUT2D eigenvalue weighted by atomic mass is 35.5. The molecule has 1 atom stereocenters. The number of hydrogen-bond acceptors (Lipinski definition) is 2. The van der Waals surface area contributed by atoms with E-state index < -0.39 is 0 Å². The van der Waals surface area contributed by atoms with Gasteiger partial charge in [0.1, 0.15) is 5.75 Å². The Labute approximate surface area is 133 Å². The summed E-state index contributed by atoms with van der Waals surface area (Å²) < 4.78 is 0. The van der Waals surface area contributed by atoms with Crippen molar-refractivity contribution < 1.29 is 9.90 Å². The lowest BCUT2D eigenvalue weighted by Gasteiger charge is -2.15. The number of carbonyl (C=O) groups is 1. The number of amides is 1. The van der Waals surface area contributed by atoms with Gasteiger partial charge in [0.2, 0.25) is 5.91 Å². The van der Waals surface area contributed by atoms with Crippen LogP contribution in [0.5, 0.6) is 5.75 Å². The zero-order chi connectivity index (χ0) is 15.4. The third kappa shape index (κ3) is 4.38. The van der Waals surface area contributed by atoms with Gasteiger partial charge in [-0.3, -0.25) is 4.79 Å². The monoisotopic (exact) mass is 323 g/mol. The van der Waals surface area contributed by atoms with Gasteiger partial charge >= 0.3 is 0 Å². The van der Waals surface area contributed by atoms with Gasteiger partial charge < -0.3 is 10.4 Å². The number of halogens is 2. The Morgan fingerprint density at radius 1 is 1.14 bits per heavy atom. The van der Waals surface area contributed by atoms with Crippen LogP contribution in [0.2, 0.25) is 10.0 Å². The maximum Gasteiger partial charge on any atom is 0.224 e. The third-order valence-corrected chi connectivity index (χ3v) is 3.86. The molecule has 2 N–H and O–H groups in total. The molecule has 0 heterocycles. The van der Waals surface area contributed by atoms with Gasteiger partial charge in [-0.15, -0.1) is 0 Å². The molecule has 0 saturated heterocycles. The molecule has 110 valence electrons. The Morgan fingerprint density at radius 3 is 2.43 bits per heavy atom. The van der Waals surface area contributed by atoms with E-state index in [0.717, 1.165) is 11.1 Å². The van der Waals surface area contributed by atoms with Gasteiger partial charge in [-0.1, -0.05) is 41.4 Å². The second kappa shape index (κ2) is 6.83. The average Bonchev–Trinajstić information content (AvgIpc) is 2.44. The molecule has 0 spiro atoms. The molecule has 0 aromatic heterocycles. The fraction of sp³-hybridized carbons (Fsp3) is 0.188. The van der Waals surface area contributed by atoms with Crippen LogP contribution in [0.25, 0.3) is 0 Å². The number of aromatic hydroxyl groups is 1. The van der Waals surface area contributed by atoms with E-state index in [2.05, 4.69) is 5.32 Å². The van der Waals surface area contributed by atoms with Gasteiger partial charge in [0.15, 0.2) is 0 Å². The van der Waals surface area contributed by atoms with E-state index in [4.69, 9.17) is 23.2 Å². The molecule has 0 aliphatic carbocycles. The molecule has 3 nitrogen and oxygen atoms in total. The summed E-state index contributed by atoms with van der Waals surface area (Å²) in [6, 6.07) is 11.7. The first-order chi connectivity index (χ1) is 9.95. The smallest absolute Gasteiger partial charge is 0.224 e. The van der Waals surface area contributed by atoms with Crippen LogP contribution in [0.1, 0.15) is 24.1 Å². The van der Waals surface area contributed by atoms with E-state index in [1.54, 1.807) is 36.4 Å². The summed E-state index contributed by atoms with van der Waals surface area (Å²) in [6.45, 7) is 1.88. The fourth-order valence-electron chi connectivity index (χ4n) is 1.96. The van der Waals surface area contributed by atoms with Gasteiger partial charge in [-0.05, 0) is 42.3 Å². The maximum atomic E-state index is 12.0. The van der Waals surface area contributed by atoms with Crippen LogP contribution in [0.15, 0.2) is 42.5 Å².